The van der Waals surface area contributed by atoms with E-state index in [9.17, 15) is 10.1 Å². The molecule has 1 aliphatic rings. The lowest BCUT2D eigenvalue weighted by Crippen LogP contribution is -2.31. The Morgan fingerprint density at radius 2 is 2.40 bits per heavy atom. The SMILES string of the molecule is CCCc1nn(C)c(NC(C)C2CCCO2)c1[N+](=O)[O-]. The Bertz CT molecular complexity index is 480. The maximum Gasteiger partial charge on any atom is 0.334 e. The summed E-state index contributed by atoms with van der Waals surface area (Å²) >= 11 is 0. The Balaban J connectivity index is 2.23. The minimum atomic E-state index is -0.345. The van der Waals surface area contributed by atoms with E-state index in [1.165, 1.54) is 0 Å². The number of ether oxygens (including phenoxy) is 1. The molecule has 1 aliphatic heterocycles. The van der Waals surface area contributed by atoms with Gasteiger partial charge in [0, 0.05) is 13.7 Å². The average Bonchev–Trinajstić information content (AvgIpc) is 2.99. The van der Waals surface area contributed by atoms with Gasteiger partial charge in [-0.2, -0.15) is 5.10 Å². The topological polar surface area (TPSA) is 82.2 Å². The van der Waals surface area contributed by atoms with E-state index in [0.717, 1.165) is 25.9 Å². The molecule has 2 heterocycles. The van der Waals surface area contributed by atoms with E-state index in [1.807, 2.05) is 13.8 Å². The molecule has 0 bridgehead atoms. The van der Waals surface area contributed by atoms with Crippen molar-refractivity contribution in [2.45, 2.75) is 51.7 Å². The predicted octanol–water partition coefficient (Wildman–Crippen LogP) is 2.26. The second kappa shape index (κ2) is 6.21. The molecule has 0 amide bonds. The molecule has 1 aromatic heterocycles. The second-order valence-electron chi connectivity index (χ2n) is 5.26. The van der Waals surface area contributed by atoms with Gasteiger partial charge in [-0.1, -0.05) is 13.3 Å². The number of nitrogens with zero attached hydrogens (tertiary/aromatic N) is 3. The largest absolute Gasteiger partial charge is 0.376 e. The van der Waals surface area contributed by atoms with Crippen LogP contribution in [0.25, 0.3) is 0 Å². The first-order valence-electron chi connectivity index (χ1n) is 7.13. The van der Waals surface area contributed by atoms with Gasteiger partial charge in [0.25, 0.3) is 0 Å². The van der Waals surface area contributed by atoms with E-state index >= 15 is 0 Å². The van der Waals surface area contributed by atoms with Crippen LogP contribution in [-0.4, -0.2) is 33.5 Å². The van der Waals surface area contributed by atoms with Gasteiger partial charge in [-0.15, -0.1) is 0 Å². The minimum absolute atomic E-state index is 0.0288. The molecule has 7 nitrogen and oxygen atoms in total. The highest BCUT2D eigenvalue weighted by Gasteiger charge is 2.30. The molecular weight excluding hydrogens is 260 g/mol. The van der Waals surface area contributed by atoms with E-state index < -0.39 is 0 Å². The molecule has 0 radical (unpaired) electrons. The number of aromatic nitrogens is 2. The maximum atomic E-state index is 11.3. The summed E-state index contributed by atoms with van der Waals surface area (Å²) in [6.45, 7) is 4.75. The third-order valence-corrected chi connectivity index (χ3v) is 3.65. The molecule has 1 N–H and O–H groups in total. The fraction of sp³-hybridized carbons (Fsp3) is 0.769. The summed E-state index contributed by atoms with van der Waals surface area (Å²) in [5.41, 5.74) is 0.640. The van der Waals surface area contributed by atoms with E-state index in [-0.39, 0.29) is 22.8 Å². The molecule has 0 spiro atoms. The Morgan fingerprint density at radius 1 is 1.65 bits per heavy atom. The maximum absolute atomic E-state index is 11.3. The van der Waals surface area contributed by atoms with Crippen molar-refractivity contribution in [3.8, 4) is 0 Å². The summed E-state index contributed by atoms with van der Waals surface area (Å²) in [5.74, 6) is 0.474. The fourth-order valence-corrected chi connectivity index (χ4v) is 2.63. The fourth-order valence-electron chi connectivity index (χ4n) is 2.63. The zero-order chi connectivity index (χ0) is 14.7. The van der Waals surface area contributed by atoms with Crippen LogP contribution in [-0.2, 0) is 18.2 Å². The highest BCUT2D eigenvalue weighted by molar-refractivity contribution is 5.60. The standard InChI is InChI=1S/C13H22N4O3/c1-4-6-10-12(17(18)19)13(16(3)15-10)14-9(2)11-7-5-8-20-11/h9,11,14H,4-8H2,1-3H3. The first-order chi connectivity index (χ1) is 9.54. The molecule has 0 aromatic carbocycles. The van der Waals surface area contributed by atoms with Crippen molar-refractivity contribution in [3.63, 3.8) is 0 Å². The minimum Gasteiger partial charge on any atom is -0.376 e. The Hall–Kier alpha value is -1.63. The molecular formula is C13H22N4O3. The number of aryl methyl sites for hydroxylation is 2. The van der Waals surface area contributed by atoms with Crippen LogP contribution in [0.5, 0.6) is 0 Å². The van der Waals surface area contributed by atoms with Gasteiger partial charge < -0.3 is 10.1 Å². The summed E-state index contributed by atoms with van der Waals surface area (Å²) in [5, 5.41) is 18.8. The molecule has 2 rings (SSSR count). The van der Waals surface area contributed by atoms with Gasteiger partial charge >= 0.3 is 5.69 Å². The summed E-state index contributed by atoms with van der Waals surface area (Å²) in [7, 11) is 1.73. The van der Waals surface area contributed by atoms with Crippen molar-refractivity contribution in [3.05, 3.63) is 15.8 Å². The van der Waals surface area contributed by atoms with E-state index in [4.69, 9.17) is 4.74 Å². The van der Waals surface area contributed by atoms with Crippen LogP contribution >= 0.6 is 0 Å². The molecule has 0 saturated carbocycles. The Morgan fingerprint density at radius 3 is 2.95 bits per heavy atom. The van der Waals surface area contributed by atoms with E-state index in [0.29, 0.717) is 17.9 Å². The molecule has 1 fully saturated rings. The zero-order valence-electron chi connectivity index (χ0n) is 12.3. The average molecular weight is 282 g/mol. The highest BCUT2D eigenvalue weighted by Crippen LogP contribution is 2.30. The molecule has 112 valence electrons. The number of anilines is 1. The molecule has 2 unspecified atom stereocenters. The second-order valence-corrected chi connectivity index (χ2v) is 5.26. The van der Waals surface area contributed by atoms with Crippen LogP contribution in [0.2, 0.25) is 0 Å². The summed E-state index contributed by atoms with van der Waals surface area (Å²) < 4.78 is 7.18. The lowest BCUT2D eigenvalue weighted by molar-refractivity contribution is -0.384. The van der Waals surface area contributed by atoms with Gasteiger partial charge in [0.2, 0.25) is 5.82 Å². The van der Waals surface area contributed by atoms with E-state index in [1.54, 1.807) is 11.7 Å². The summed E-state index contributed by atoms with van der Waals surface area (Å²) in [6, 6.07) is 0.0288. The smallest absolute Gasteiger partial charge is 0.334 e. The normalized spacial score (nSPS) is 20.1. The lowest BCUT2D eigenvalue weighted by Gasteiger charge is -2.20. The molecule has 1 saturated heterocycles. The summed E-state index contributed by atoms with van der Waals surface area (Å²) in [4.78, 5) is 11.0. The third kappa shape index (κ3) is 2.92. The number of hydrogen-bond donors (Lipinski definition) is 1. The van der Waals surface area contributed by atoms with Gasteiger partial charge in [0.05, 0.1) is 17.1 Å². The van der Waals surface area contributed by atoms with Crippen molar-refractivity contribution < 1.29 is 9.66 Å². The zero-order valence-corrected chi connectivity index (χ0v) is 12.3. The van der Waals surface area contributed by atoms with Crippen molar-refractivity contribution >= 4 is 11.5 Å². The Kier molecular flexibility index (Phi) is 4.59. The van der Waals surface area contributed by atoms with Crippen molar-refractivity contribution in [2.75, 3.05) is 11.9 Å². The van der Waals surface area contributed by atoms with Gasteiger partial charge in [-0.05, 0) is 26.2 Å². The van der Waals surface area contributed by atoms with Crippen molar-refractivity contribution in [1.82, 2.24) is 9.78 Å². The quantitative estimate of drug-likeness (QED) is 0.639. The lowest BCUT2D eigenvalue weighted by atomic mass is 10.1. The monoisotopic (exact) mass is 282 g/mol. The number of rotatable bonds is 6. The third-order valence-electron chi connectivity index (χ3n) is 3.65. The number of nitrogens with one attached hydrogen (secondary N) is 1. The van der Waals surface area contributed by atoms with Crippen molar-refractivity contribution in [1.29, 1.82) is 0 Å². The van der Waals surface area contributed by atoms with E-state index in [2.05, 4.69) is 10.4 Å². The number of nitro groups is 1. The van der Waals surface area contributed by atoms with Crippen LogP contribution in [0.1, 0.15) is 38.8 Å². The molecule has 1 aromatic rings. The van der Waals surface area contributed by atoms with Gasteiger partial charge in [-0.3, -0.25) is 10.1 Å². The molecule has 0 aliphatic carbocycles. The number of hydrogen-bond acceptors (Lipinski definition) is 5. The van der Waals surface area contributed by atoms with Crippen LogP contribution in [0.4, 0.5) is 11.5 Å². The van der Waals surface area contributed by atoms with Crippen LogP contribution in [0.3, 0.4) is 0 Å². The molecule has 2 atom stereocenters. The van der Waals surface area contributed by atoms with Crippen molar-refractivity contribution in [2.24, 2.45) is 7.05 Å². The van der Waals surface area contributed by atoms with Crippen LogP contribution < -0.4 is 5.32 Å². The highest BCUT2D eigenvalue weighted by atomic mass is 16.6. The molecule has 7 heteroatoms. The Labute approximate surface area is 118 Å². The van der Waals surface area contributed by atoms with Crippen LogP contribution in [0.15, 0.2) is 0 Å². The van der Waals surface area contributed by atoms with Gasteiger partial charge in [0.1, 0.15) is 5.69 Å². The molecule has 20 heavy (non-hydrogen) atoms. The summed E-state index contributed by atoms with van der Waals surface area (Å²) in [6.07, 6.45) is 3.59. The predicted molar refractivity (Wildman–Crippen MR) is 75.9 cm³/mol. The first-order valence-corrected chi connectivity index (χ1v) is 7.13. The van der Waals surface area contributed by atoms with Crippen LogP contribution in [0, 0.1) is 10.1 Å². The van der Waals surface area contributed by atoms with Gasteiger partial charge in [-0.25, -0.2) is 4.68 Å². The van der Waals surface area contributed by atoms with Gasteiger partial charge in [0.15, 0.2) is 0 Å². The first kappa shape index (κ1) is 14.8.